The molecule has 0 bridgehead atoms. The van der Waals surface area contributed by atoms with Gasteiger partial charge in [-0.15, -0.1) is 11.6 Å². The summed E-state index contributed by atoms with van der Waals surface area (Å²) in [7, 11) is 0. The molecule has 1 aliphatic rings. The van der Waals surface area contributed by atoms with E-state index in [1.807, 2.05) is 0 Å². The summed E-state index contributed by atoms with van der Waals surface area (Å²) in [6, 6.07) is 6.83. The van der Waals surface area contributed by atoms with Crippen LogP contribution in [0.4, 0.5) is 0 Å². The SMILES string of the molecule is O=C1C(Br)=C(CCCl)C(=O)c2ccccc21. The molecule has 16 heavy (non-hydrogen) atoms. The molecule has 0 amide bonds. The highest BCUT2D eigenvalue weighted by atomic mass is 79.9. The van der Waals surface area contributed by atoms with Gasteiger partial charge in [0.1, 0.15) is 0 Å². The van der Waals surface area contributed by atoms with Crippen molar-refractivity contribution in [3.05, 3.63) is 45.4 Å². The number of alkyl halides is 1. The summed E-state index contributed by atoms with van der Waals surface area (Å²) in [6.07, 6.45) is 0.404. The van der Waals surface area contributed by atoms with Crippen LogP contribution in [0, 0.1) is 0 Å². The number of carbonyl (C=O) groups is 2. The van der Waals surface area contributed by atoms with Crippen LogP contribution in [0.3, 0.4) is 0 Å². The maximum absolute atomic E-state index is 12.1. The van der Waals surface area contributed by atoms with Crippen molar-refractivity contribution >= 4 is 39.1 Å². The molecule has 0 N–H and O–H groups in total. The molecular formula is C12H8BrClO2. The van der Waals surface area contributed by atoms with Crippen molar-refractivity contribution in [3.63, 3.8) is 0 Å². The number of fused-ring (bicyclic) bond motifs is 1. The fraction of sp³-hybridized carbons (Fsp3) is 0.167. The monoisotopic (exact) mass is 298 g/mol. The minimum atomic E-state index is -0.143. The Labute approximate surface area is 106 Å². The summed E-state index contributed by atoms with van der Waals surface area (Å²) in [5.41, 5.74) is 1.40. The lowest BCUT2D eigenvalue weighted by molar-refractivity contribution is 0.0980. The highest BCUT2D eigenvalue weighted by Gasteiger charge is 2.29. The van der Waals surface area contributed by atoms with E-state index in [1.54, 1.807) is 24.3 Å². The maximum atomic E-state index is 12.1. The van der Waals surface area contributed by atoms with Gasteiger partial charge in [0.15, 0.2) is 5.78 Å². The Morgan fingerprint density at radius 1 is 1.06 bits per heavy atom. The molecular weight excluding hydrogens is 291 g/mol. The summed E-state index contributed by atoms with van der Waals surface area (Å²) >= 11 is 8.80. The topological polar surface area (TPSA) is 34.1 Å². The summed E-state index contributed by atoms with van der Waals surface area (Å²) in [5.74, 6) is 0.0732. The Bertz CT molecular complexity index is 505. The molecule has 0 atom stereocenters. The van der Waals surface area contributed by atoms with Crippen LogP contribution in [-0.2, 0) is 0 Å². The van der Waals surface area contributed by atoms with Crippen LogP contribution in [0.15, 0.2) is 34.3 Å². The molecule has 1 aromatic carbocycles. The van der Waals surface area contributed by atoms with Gasteiger partial charge in [0.05, 0.1) is 4.48 Å². The molecule has 82 valence electrons. The Balaban J connectivity index is 2.58. The number of hydrogen-bond donors (Lipinski definition) is 0. The average molecular weight is 300 g/mol. The maximum Gasteiger partial charge on any atom is 0.201 e. The van der Waals surface area contributed by atoms with E-state index in [0.717, 1.165) is 0 Å². The number of carbonyl (C=O) groups excluding carboxylic acids is 2. The van der Waals surface area contributed by atoms with Crippen LogP contribution < -0.4 is 0 Å². The zero-order valence-corrected chi connectivity index (χ0v) is 10.6. The van der Waals surface area contributed by atoms with Crippen molar-refractivity contribution < 1.29 is 9.59 Å². The zero-order valence-electron chi connectivity index (χ0n) is 8.30. The zero-order chi connectivity index (χ0) is 11.7. The van der Waals surface area contributed by atoms with Crippen LogP contribution >= 0.6 is 27.5 Å². The standard InChI is InChI=1S/C12H8BrClO2/c13-10-9(5-6-14)11(15)7-3-1-2-4-8(7)12(10)16/h1-4H,5-6H2. The molecule has 0 radical (unpaired) electrons. The van der Waals surface area contributed by atoms with Crippen LogP contribution in [-0.4, -0.2) is 17.4 Å². The lowest BCUT2D eigenvalue weighted by atomic mass is 9.88. The Morgan fingerprint density at radius 2 is 1.62 bits per heavy atom. The molecule has 1 aromatic rings. The molecule has 2 rings (SSSR count). The second kappa shape index (κ2) is 4.52. The molecule has 0 heterocycles. The summed E-state index contributed by atoms with van der Waals surface area (Å²) in [5, 5.41) is 0. The van der Waals surface area contributed by atoms with Gasteiger partial charge >= 0.3 is 0 Å². The smallest absolute Gasteiger partial charge is 0.201 e. The fourth-order valence-corrected chi connectivity index (χ4v) is 2.50. The number of halogens is 2. The van der Waals surface area contributed by atoms with Crippen molar-refractivity contribution in [2.45, 2.75) is 6.42 Å². The highest BCUT2D eigenvalue weighted by Crippen LogP contribution is 2.31. The van der Waals surface area contributed by atoms with Crippen molar-refractivity contribution in [3.8, 4) is 0 Å². The molecule has 0 aromatic heterocycles. The number of hydrogen-bond acceptors (Lipinski definition) is 2. The first-order valence-corrected chi connectivity index (χ1v) is 6.12. The van der Waals surface area contributed by atoms with Gasteiger partial charge in [0.2, 0.25) is 5.78 Å². The first kappa shape index (κ1) is 11.6. The van der Waals surface area contributed by atoms with E-state index < -0.39 is 0 Å². The molecule has 0 saturated heterocycles. The predicted octanol–water partition coefficient (Wildman–Crippen LogP) is 3.34. The summed E-state index contributed by atoms with van der Waals surface area (Å²) < 4.78 is 0.344. The number of rotatable bonds is 2. The first-order chi connectivity index (χ1) is 7.66. The molecule has 2 nitrogen and oxygen atoms in total. The van der Waals surface area contributed by atoms with Gasteiger partial charge in [0.25, 0.3) is 0 Å². The first-order valence-electron chi connectivity index (χ1n) is 4.80. The van der Waals surface area contributed by atoms with Crippen molar-refractivity contribution in [1.29, 1.82) is 0 Å². The van der Waals surface area contributed by atoms with Gasteiger partial charge in [-0.1, -0.05) is 24.3 Å². The third kappa shape index (κ3) is 1.74. The molecule has 1 aliphatic carbocycles. The fourth-order valence-electron chi connectivity index (χ4n) is 1.71. The Hall–Kier alpha value is -0.930. The van der Waals surface area contributed by atoms with Gasteiger partial charge in [-0.2, -0.15) is 0 Å². The number of ketones is 2. The van der Waals surface area contributed by atoms with Crippen molar-refractivity contribution in [2.75, 3.05) is 5.88 Å². The minimum absolute atomic E-state index is 0.109. The predicted molar refractivity (Wildman–Crippen MR) is 66.4 cm³/mol. The van der Waals surface area contributed by atoms with Crippen LogP contribution in [0.1, 0.15) is 27.1 Å². The van der Waals surface area contributed by atoms with Crippen molar-refractivity contribution in [1.82, 2.24) is 0 Å². The van der Waals surface area contributed by atoms with Crippen molar-refractivity contribution in [2.24, 2.45) is 0 Å². The van der Waals surface area contributed by atoms with E-state index >= 15 is 0 Å². The quantitative estimate of drug-likeness (QED) is 0.785. The van der Waals surface area contributed by atoms with Gasteiger partial charge in [-0.05, 0) is 22.4 Å². The van der Waals surface area contributed by atoms with Gasteiger partial charge in [-0.25, -0.2) is 0 Å². The Morgan fingerprint density at radius 3 is 2.19 bits per heavy atom. The molecule has 0 spiro atoms. The van der Waals surface area contributed by atoms with E-state index in [-0.39, 0.29) is 11.6 Å². The highest BCUT2D eigenvalue weighted by molar-refractivity contribution is 9.12. The molecule has 0 aliphatic heterocycles. The molecule has 0 saturated carbocycles. The van der Waals surface area contributed by atoms with E-state index in [1.165, 1.54) is 0 Å². The summed E-state index contributed by atoms with van der Waals surface area (Å²) in [4.78, 5) is 24.0. The minimum Gasteiger partial charge on any atom is -0.289 e. The number of benzene rings is 1. The number of allylic oxidation sites excluding steroid dienone is 2. The van der Waals surface area contributed by atoms with E-state index in [4.69, 9.17) is 11.6 Å². The summed E-state index contributed by atoms with van der Waals surface area (Å²) in [6.45, 7) is 0. The second-order valence-corrected chi connectivity index (χ2v) is 4.61. The van der Waals surface area contributed by atoms with E-state index in [2.05, 4.69) is 15.9 Å². The van der Waals surface area contributed by atoms with Crippen LogP contribution in [0.5, 0.6) is 0 Å². The molecule has 0 unspecified atom stereocenters. The van der Waals surface area contributed by atoms with Gasteiger partial charge in [0, 0.05) is 22.6 Å². The van der Waals surface area contributed by atoms with Gasteiger partial charge in [-0.3, -0.25) is 9.59 Å². The number of Topliss-reactive ketones (excluding diaryl/α,β-unsaturated/α-hetero) is 2. The van der Waals surface area contributed by atoms with E-state index in [0.29, 0.717) is 33.5 Å². The molecule has 4 heteroatoms. The third-order valence-electron chi connectivity index (χ3n) is 2.50. The molecule has 0 fully saturated rings. The van der Waals surface area contributed by atoms with Crippen LogP contribution in [0.25, 0.3) is 0 Å². The third-order valence-corrected chi connectivity index (χ3v) is 3.53. The Kier molecular flexibility index (Phi) is 3.26. The van der Waals surface area contributed by atoms with E-state index in [9.17, 15) is 9.59 Å². The average Bonchev–Trinajstić information content (AvgIpc) is 2.32. The normalized spacial score (nSPS) is 15.4. The second-order valence-electron chi connectivity index (χ2n) is 3.44. The largest absolute Gasteiger partial charge is 0.289 e. The lowest BCUT2D eigenvalue weighted by Gasteiger charge is -2.16. The van der Waals surface area contributed by atoms with Gasteiger partial charge < -0.3 is 0 Å². The lowest BCUT2D eigenvalue weighted by Crippen LogP contribution is -2.19. The van der Waals surface area contributed by atoms with Crippen LogP contribution in [0.2, 0.25) is 0 Å².